The third-order valence-electron chi connectivity index (χ3n) is 3.32. The van der Waals surface area contributed by atoms with Crippen LogP contribution in [0.25, 0.3) is 0 Å². The van der Waals surface area contributed by atoms with Gasteiger partial charge in [0.15, 0.2) is 0 Å². The molecule has 0 aromatic heterocycles. The van der Waals surface area contributed by atoms with E-state index in [1.807, 2.05) is 0 Å². The third kappa shape index (κ3) is 3.00. The molecular formula is C13H16ClFN2O. The molecule has 2 N–H and O–H groups in total. The zero-order valence-electron chi connectivity index (χ0n) is 10.2. The van der Waals surface area contributed by atoms with E-state index in [0.29, 0.717) is 10.9 Å². The molecule has 1 aliphatic rings. The summed E-state index contributed by atoms with van der Waals surface area (Å²) in [6.45, 7) is 3.76. The minimum Gasteiger partial charge on any atom is -0.348 e. The Bertz CT molecular complexity index is 453. The highest BCUT2D eigenvalue weighted by molar-refractivity contribution is 6.31. The number of halogens is 2. The van der Waals surface area contributed by atoms with Crippen molar-refractivity contribution in [1.29, 1.82) is 0 Å². The van der Waals surface area contributed by atoms with Crippen molar-refractivity contribution in [3.8, 4) is 0 Å². The molecule has 0 radical (unpaired) electrons. The van der Waals surface area contributed by atoms with Gasteiger partial charge >= 0.3 is 0 Å². The molecule has 2 atom stereocenters. The van der Waals surface area contributed by atoms with Gasteiger partial charge in [0, 0.05) is 17.6 Å². The van der Waals surface area contributed by atoms with Gasteiger partial charge in [0.05, 0.1) is 5.56 Å². The molecule has 1 heterocycles. The lowest BCUT2D eigenvalue weighted by Crippen LogP contribution is -2.50. The fourth-order valence-electron chi connectivity index (χ4n) is 2.10. The first kappa shape index (κ1) is 13.3. The fourth-order valence-corrected chi connectivity index (χ4v) is 2.27. The minimum atomic E-state index is -0.548. The Kier molecular flexibility index (Phi) is 4.19. The first-order valence-corrected chi connectivity index (χ1v) is 6.42. The van der Waals surface area contributed by atoms with Crippen LogP contribution in [0.15, 0.2) is 18.2 Å². The number of hydrogen-bond donors (Lipinski definition) is 2. The van der Waals surface area contributed by atoms with E-state index in [4.69, 9.17) is 11.6 Å². The zero-order chi connectivity index (χ0) is 13.1. The first-order chi connectivity index (χ1) is 8.58. The standard InChI is InChI=1S/C13H16ClFN2O/c1-8-4-5-16-7-12(8)17-13(18)10-6-9(14)2-3-11(10)15/h2-3,6,8,12,16H,4-5,7H2,1H3,(H,17,18). The van der Waals surface area contributed by atoms with Crippen molar-refractivity contribution in [3.63, 3.8) is 0 Å². The van der Waals surface area contributed by atoms with Gasteiger partial charge in [-0.05, 0) is 37.1 Å². The highest BCUT2D eigenvalue weighted by Gasteiger charge is 2.24. The van der Waals surface area contributed by atoms with Gasteiger partial charge in [-0.1, -0.05) is 18.5 Å². The van der Waals surface area contributed by atoms with E-state index in [2.05, 4.69) is 17.6 Å². The molecule has 1 amide bonds. The summed E-state index contributed by atoms with van der Waals surface area (Å²) >= 11 is 5.77. The smallest absolute Gasteiger partial charge is 0.254 e. The normalized spacial score (nSPS) is 23.7. The van der Waals surface area contributed by atoms with E-state index < -0.39 is 11.7 Å². The van der Waals surface area contributed by atoms with E-state index in [0.717, 1.165) is 19.5 Å². The SMILES string of the molecule is CC1CCNCC1NC(=O)c1cc(Cl)ccc1F. The summed E-state index contributed by atoms with van der Waals surface area (Å²) in [6.07, 6.45) is 1.00. The topological polar surface area (TPSA) is 41.1 Å². The molecule has 0 bridgehead atoms. The van der Waals surface area contributed by atoms with E-state index in [1.165, 1.54) is 18.2 Å². The number of piperidine rings is 1. The van der Waals surface area contributed by atoms with Crippen LogP contribution in [0.5, 0.6) is 0 Å². The van der Waals surface area contributed by atoms with Crippen LogP contribution >= 0.6 is 11.6 Å². The number of amides is 1. The summed E-state index contributed by atoms with van der Waals surface area (Å²) in [7, 11) is 0. The van der Waals surface area contributed by atoms with Crippen LogP contribution in [-0.4, -0.2) is 25.0 Å². The number of benzene rings is 1. The summed E-state index contributed by atoms with van der Waals surface area (Å²) in [5.74, 6) is -0.568. The van der Waals surface area contributed by atoms with Crippen molar-refractivity contribution in [2.45, 2.75) is 19.4 Å². The van der Waals surface area contributed by atoms with Crippen LogP contribution < -0.4 is 10.6 Å². The van der Waals surface area contributed by atoms with Crippen LogP contribution in [-0.2, 0) is 0 Å². The number of carbonyl (C=O) groups is 1. The van der Waals surface area contributed by atoms with Gasteiger partial charge in [-0.25, -0.2) is 4.39 Å². The van der Waals surface area contributed by atoms with Gasteiger partial charge in [0.2, 0.25) is 0 Å². The van der Waals surface area contributed by atoms with Crippen molar-refractivity contribution < 1.29 is 9.18 Å². The molecule has 18 heavy (non-hydrogen) atoms. The van der Waals surface area contributed by atoms with Gasteiger partial charge < -0.3 is 10.6 Å². The number of nitrogens with one attached hydrogen (secondary N) is 2. The number of hydrogen-bond acceptors (Lipinski definition) is 2. The Balaban J connectivity index is 2.09. The van der Waals surface area contributed by atoms with E-state index in [1.54, 1.807) is 0 Å². The quantitative estimate of drug-likeness (QED) is 0.865. The molecule has 5 heteroatoms. The van der Waals surface area contributed by atoms with Gasteiger partial charge in [-0.2, -0.15) is 0 Å². The predicted molar refractivity (Wildman–Crippen MR) is 69.3 cm³/mol. The third-order valence-corrected chi connectivity index (χ3v) is 3.55. The van der Waals surface area contributed by atoms with Crippen molar-refractivity contribution in [1.82, 2.24) is 10.6 Å². The molecule has 2 rings (SSSR count). The maximum absolute atomic E-state index is 13.5. The second-order valence-corrected chi connectivity index (χ2v) is 5.11. The summed E-state index contributed by atoms with van der Waals surface area (Å²) in [5.41, 5.74) is 0.000253. The Morgan fingerprint density at radius 3 is 3.06 bits per heavy atom. The maximum Gasteiger partial charge on any atom is 0.254 e. The van der Waals surface area contributed by atoms with Crippen molar-refractivity contribution in [3.05, 3.63) is 34.6 Å². The van der Waals surface area contributed by atoms with E-state index >= 15 is 0 Å². The Morgan fingerprint density at radius 1 is 1.56 bits per heavy atom. The van der Waals surface area contributed by atoms with Crippen molar-refractivity contribution in [2.75, 3.05) is 13.1 Å². The summed E-state index contributed by atoms with van der Waals surface area (Å²) in [4.78, 5) is 12.0. The van der Waals surface area contributed by atoms with Crippen LogP contribution in [0.2, 0.25) is 5.02 Å². The fraction of sp³-hybridized carbons (Fsp3) is 0.462. The Labute approximate surface area is 111 Å². The largest absolute Gasteiger partial charge is 0.348 e. The van der Waals surface area contributed by atoms with E-state index in [9.17, 15) is 9.18 Å². The lowest BCUT2D eigenvalue weighted by molar-refractivity contribution is 0.0911. The maximum atomic E-state index is 13.5. The van der Waals surface area contributed by atoms with Crippen molar-refractivity contribution >= 4 is 17.5 Å². The molecule has 1 aromatic carbocycles. The highest BCUT2D eigenvalue weighted by Crippen LogP contribution is 2.16. The lowest BCUT2D eigenvalue weighted by Gasteiger charge is -2.30. The zero-order valence-corrected chi connectivity index (χ0v) is 10.9. The number of carbonyl (C=O) groups excluding carboxylic acids is 1. The average Bonchev–Trinajstić information content (AvgIpc) is 2.35. The second-order valence-electron chi connectivity index (χ2n) is 4.67. The highest BCUT2D eigenvalue weighted by atomic mass is 35.5. The molecule has 1 aliphatic heterocycles. The van der Waals surface area contributed by atoms with Gasteiger partial charge in [-0.3, -0.25) is 4.79 Å². The average molecular weight is 271 g/mol. The molecule has 1 fully saturated rings. The Hall–Kier alpha value is -1.13. The predicted octanol–water partition coefficient (Wildman–Crippen LogP) is 2.21. The molecule has 1 saturated heterocycles. The van der Waals surface area contributed by atoms with Gasteiger partial charge in [0.25, 0.3) is 5.91 Å². The summed E-state index contributed by atoms with van der Waals surface area (Å²) in [6, 6.07) is 4.02. The molecule has 0 saturated carbocycles. The summed E-state index contributed by atoms with van der Waals surface area (Å²) in [5, 5.41) is 6.42. The minimum absolute atomic E-state index is 0.000253. The monoisotopic (exact) mass is 270 g/mol. The number of rotatable bonds is 2. The molecule has 0 aliphatic carbocycles. The van der Waals surface area contributed by atoms with Crippen LogP contribution in [0.3, 0.4) is 0 Å². The molecule has 3 nitrogen and oxygen atoms in total. The molecule has 1 aromatic rings. The van der Waals surface area contributed by atoms with Crippen LogP contribution in [0.4, 0.5) is 4.39 Å². The molecular weight excluding hydrogens is 255 g/mol. The van der Waals surface area contributed by atoms with E-state index in [-0.39, 0.29) is 11.6 Å². The lowest BCUT2D eigenvalue weighted by atomic mass is 9.94. The molecule has 98 valence electrons. The van der Waals surface area contributed by atoms with Crippen LogP contribution in [0, 0.1) is 11.7 Å². The first-order valence-electron chi connectivity index (χ1n) is 6.04. The Morgan fingerprint density at radius 2 is 2.33 bits per heavy atom. The summed E-state index contributed by atoms with van der Waals surface area (Å²) < 4.78 is 13.5. The van der Waals surface area contributed by atoms with Crippen LogP contribution in [0.1, 0.15) is 23.7 Å². The molecule has 0 spiro atoms. The van der Waals surface area contributed by atoms with Crippen molar-refractivity contribution in [2.24, 2.45) is 5.92 Å². The van der Waals surface area contributed by atoms with Gasteiger partial charge in [0.1, 0.15) is 5.82 Å². The molecule has 2 unspecified atom stereocenters. The second kappa shape index (κ2) is 5.67. The van der Waals surface area contributed by atoms with Gasteiger partial charge in [-0.15, -0.1) is 0 Å².